The Labute approximate surface area is 84.4 Å². The third-order valence-electron chi connectivity index (χ3n) is 2.24. The molecule has 0 atom stereocenters. The highest BCUT2D eigenvalue weighted by molar-refractivity contribution is 5.73. The summed E-state index contributed by atoms with van der Waals surface area (Å²) in [5, 5.41) is 8.78. The van der Waals surface area contributed by atoms with Gasteiger partial charge >= 0.3 is 0 Å². The van der Waals surface area contributed by atoms with Crippen LogP contribution in [0.3, 0.4) is 0 Å². The number of benzene rings is 1. The van der Waals surface area contributed by atoms with Crippen molar-refractivity contribution >= 4 is 5.57 Å². The highest BCUT2D eigenvalue weighted by Crippen LogP contribution is 2.27. The molecule has 0 aliphatic heterocycles. The minimum atomic E-state index is 0.717. The predicted octanol–water partition coefficient (Wildman–Crippen LogP) is 3.01. The van der Waals surface area contributed by atoms with Crippen LogP contribution in [0.25, 0.3) is 5.57 Å². The first kappa shape index (κ1) is 10.3. The Bertz CT molecular complexity index is 399. The fourth-order valence-electron chi connectivity index (χ4n) is 1.24. The molecule has 0 radical (unpaired) electrons. The minimum absolute atomic E-state index is 0.717. The van der Waals surface area contributed by atoms with Gasteiger partial charge in [0.1, 0.15) is 5.75 Å². The van der Waals surface area contributed by atoms with Crippen molar-refractivity contribution in [1.82, 2.24) is 0 Å². The lowest BCUT2D eigenvalue weighted by Gasteiger charge is -2.08. The first-order valence-electron chi connectivity index (χ1n) is 4.41. The Balaban J connectivity index is 3.27. The van der Waals surface area contributed by atoms with E-state index in [1.54, 1.807) is 7.11 Å². The smallest absolute Gasteiger partial charge is 0.126 e. The van der Waals surface area contributed by atoms with Gasteiger partial charge in [0, 0.05) is 11.1 Å². The summed E-state index contributed by atoms with van der Waals surface area (Å²) in [6.07, 6.45) is 0. The van der Waals surface area contributed by atoms with Gasteiger partial charge in [0.25, 0.3) is 0 Å². The molecule has 0 unspecified atom stereocenters. The average Bonchev–Trinajstić information content (AvgIpc) is 2.26. The number of ether oxygens (including phenoxy) is 1. The van der Waals surface area contributed by atoms with E-state index in [4.69, 9.17) is 10.00 Å². The number of nitrogens with zero attached hydrogens (tertiary/aromatic N) is 1. The fraction of sp³-hybridized carbons (Fsp3) is 0.250. The highest BCUT2D eigenvalue weighted by atomic mass is 16.5. The van der Waals surface area contributed by atoms with E-state index in [9.17, 15) is 0 Å². The molecular formula is C12H13NO. The van der Waals surface area contributed by atoms with E-state index in [1.807, 2.05) is 38.1 Å². The Morgan fingerprint density at radius 1 is 1.29 bits per heavy atom. The van der Waals surface area contributed by atoms with Gasteiger partial charge in [0.05, 0.1) is 13.2 Å². The lowest BCUT2D eigenvalue weighted by Crippen LogP contribution is -1.90. The summed E-state index contributed by atoms with van der Waals surface area (Å²) >= 11 is 0. The number of allylic oxidation sites excluding steroid dienone is 2. The van der Waals surface area contributed by atoms with Gasteiger partial charge in [-0.25, -0.2) is 0 Å². The van der Waals surface area contributed by atoms with E-state index in [-0.39, 0.29) is 0 Å². The van der Waals surface area contributed by atoms with Crippen LogP contribution in [-0.4, -0.2) is 7.11 Å². The number of rotatable bonds is 2. The summed E-state index contributed by atoms with van der Waals surface area (Å²) in [4.78, 5) is 0. The lowest BCUT2D eigenvalue weighted by molar-refractivity contribution is 0.413. The maximum Gasteiger partial charge on any atom is 0.126 e. The predicted molar refractivity (Wildman–Crippen MR) is 56.9 cm³/mol. The number of nitriles is 1. The molecule has 0 bridgehead atoms. The van der Waals surface area contributed by atoms with E-state index < -0.39 is 0 Å². The molecule has 0 aliphatic rings. The zero-order valence-corrected chi connectivity index (χ0v) is 8.66. The molecule has 1 aromatic rings. The fourth-order valence-corrected chi connectivity index (χ4v) is 1.24. The summed E-state index contributed by atoms with van der Waals surface area (Å²) in [5.41, 5.74) is 2.66. The molecule has 0 aromatic heterocycles. The molecule has 0 spiro atoms. The Morgan fingerprint density at radius 2 is 1.93 bits per heavy atom. The molecule has 2 heteroatoms. The van der Waals surface area contributed by atoms with Crippen molar-refractivity contribution in [1.29, 1.82) is 5.26 Å². The minimum Gasteiger partial charge on any atom is -0.496 e. The number of methoxy groups -OCH3 is 1. The van der Waals surface area contributed by atoms with Gasteiger partial charge in [-0.3, -0.25) is 0 Å². The van der Waals surface area contributed by atoms with Crippen LogP contribution in [0.5, 0.6) is 5.75 Å². The van der Waals surface area contributed by atoms with Gasteiger partial charge in [0.15, 0.2) is 0 Å². The largest absolute Gasteiger partial charge is 0.496 e. The topological polar surface area (TPSA) is 33.0 Å². The molecular weight excluding hydrogens is 174 g/mol. The quantitative estimate of drug-likeness (QED) is 0.667. The van der Waals surface area contributed by atoms with Crippen LogP contribution in [0.4, 0.5) is 0 Å². The maximum atomic E-state index is 8.78. The van der Waals surface area contributed by atoms with E-state index in [0.29, 0.717) is 0 Å². The molecule has 0 amide bonds. The Morgan fingerprint density at radius 3 is 2.50 bits per heavy atom. The van der Waals surface area contributed by atoms with Gasteiger partial charge in [-0.2, -0.15) is 5.26 Å². The van der Waals surface area contributed by atoms with Gasteiger partial charge in [-0.1, -0.05) is 18.2 Å². The maximum absolute atomic E-state index is 8.78. The second-order valence-electron chi connectivity index (χ2n) is 3.06. The zero-order valence-electron chi connectivity index (χ0n) is 8.66. The van der Waals surface area contributed by atoms with Crippen molar-refractivity contribution in [2.75, 3.05) is 7.11 Å². The molecule has 14 heavy (non-hydrogen) atoms. The number of hydrogen-bond donors (Lipinski definition) is 0. The third kappa shape index (κ3) is 1.94. The number of hydrogen-bond acceptors (Lipinski definition) is 2. The van der Waals surface area contributed by atoms with Crippen molar-refractivity contribution in [3.8, 4) is 11.8 Å². The van der Waals surface area contributed by atoms with Crippen LogP contribution in [0.1, 0.15) is 19.4 Å². The van der Waals surface area contributed by atoms with Crippen LogP contribution in [0.2, 0.25) is 0 Å². The molecule has 0 fully saturated rings. The molecule has 0 saturated carbocycles. The van der Waals surface area contributed by atoms with Crippen LogP contribution in [-0.2, 0) is 0 Å². The normalized spacial score (nSPS) is 11.6. The average molecular weight is 187 g/mol. The van der Waals surface area contributed by atoms with Crippen LogP contribution in [0.15, 0.2) is 29.8 Å². The van der Waals surface area contributed by atoms with E-state index >= 15 is 0 Å². The molecule has 0 heterocycles. The summed E-state index contributed by atoms with van der Waals surface area (Å²) in [6.45, 7) is 3.73. The van der Waals surface area contributed by atoms with Gasteiger partial charge in [0.2, 0.25) is 0 Å². The van der Waals surface area contributed by atoms with Crippen LogP contribution >= 0.6 is 0 Å². The van der Waals surface area contributed by atoms with Crippen molar-refractivity contribution in [2.24, 2.45) is 0 Å². The number of para-hydroxylation sites is 1. The lowest BCUT2D eigenvalue weighted by atomic mass is 10.0. The summed E-state index contributed by atoms with van der Waals surface area (Å²) in [6, 6.07) is 9.83. The zero-order chi connectivity index (χ0) is 10.6. The van der Waals surface area contributed by atoms with Crippen molar-refractivity contribution in [2.45, 2.75) is 13.8 Å². The molecule has 0 saturated heterocycles. The van der Waals surface area contributed by atoms with E-state index in [1.165, 1.54) is 0 Å². The van der Waals surface area contributed by atoms with Gasteiger partial charge < -0.3 is 4.74 Å². The molecule has 1 rings (SSSR count). The van der Waals surface area contributed by atoms with Crippen molar-refractivity contribution < 1.29 is 4.74 Å². The molecule has 72 valence electrons. The third-order valence-corrected chi connectivity index (χ3v) is 2.24. The van der Waals surface area contributed by atoms with E-state index in [0.717, 1.165) is 22.5 Å². The van der Waals surface area contributed by atoms with Gasteiger partial charge in [-0.15, -0.1) is 0 Å². The second-order valence-corrected chi connectivity index (χ2v) is 3.06. The van der Waals surface area contributed by atoms with E-state index in [2.05, 4.69) is 6.07 Å². The van der Waals surface area contributed by atoms with Crippen LogP contribution < -0.4 is 4.74 Å². The molecule has 2 nitrogen and oxygen atoms in total. The summed E-state index contributed by atoms with van der Waals surface area (Å²) in [7, 11) is 1.63. The Kier molecular flexibility index (Phi) is 3.30. The summed E-state index contributed by atoms with van der Waals surface area (Å²) in [5.74, 6) is 0.805. The Hall–Kier alpha value is -1.75. The molecule has 1 aromatic carbocycles. The first-order valence-corrected chi connectivity index (χ1v) is 4.41. The standard InChI is InChI=1S/C12H13NO/c1-9(8-13)10(2)11-6-4-5-7-12(11)14-3/h4-7H,1-3H3. The van der Waals surface area contributed by atoms with Crippen LogP contribution in [0, 0.1) is 11.3 Å². The van der Waals surface area contributed by atoms with Crippen molar-refractivity contribution in [3.63, 3.8) is 0 Å². The SMILES string of the molecule is COc1ccccc1C(C)=C(C)C#N. The van der Waals surface area contributed by atoms with Gasteiger partial charge in [-0.05, 0) is 25.5 Å². The highest BCUT2D eigenvalue weighted by Gasteiger charge is 2.05. The molecule has 0 aliphatic carbocycles. The summed E-state index contributed by atoms with van der Waals surface area (Å²) < 4.78 is 5.22. The first-order chi connectivity index (χ1) is 6.70. The van der Waals surface area contributed by atoms with Crippen molar-refractivity contribution in [3.05, 3.63) is 35.4 Å². The molecule has 0 N–H and O–H groups in total. The monoisotopic (exact) mass is 187 g/mol. The second kappa shape index (κ2) is 4.48.